The minimum Gasteiger partial charge on any atom is -0.308 e. The number of aromatic nitrogens is 1. The first-order chi connectivity index (χ1) is 8.83. The Morgan fingerprint density at radius 3 is 2.78 bits per heavy atom. The molecule has 3 N–H and O–H groups in total. The zero-order valence-corrected chi connectivity index (χ0v) is 11.2. The molecule has 0 atom stereocenters. The molecule has 18 heavy (non-hydrogen) atoms. The lowest BCUT2D eigenvalue weighted by molar-refractivity contribution is 0.154. The molecule has 100 valence electrons. The Kier molecular flexibility index (Phi) is 4.96. The van der Waals surface area contributed by atoms with Gasteiger partial charge in [0.2, 0.25) is 0 Å². The van der Waals surface area contributed by atoms with Crippen LogP contribution in [0, 0.1) is 0 Å². The molecular weight excluding hydrogens is 224 g/mol. The van der Waals surface area contributed by atoms with Crippen molar-refractivity contribution < 1.29 is 0 Å². The average Bonchev–Trinajstić information content (AvgIpc) is 2.46. The Balaban J connectivity index is 1.99. The third-order valence-corrected chi connectivity index (χ3v) is 3.82. The van der Waals surface area contributed by atoms with Crippen molar-refractivity contribution in [2.24, 2.45) is 5.84 Å². The Morgan fingerprint density at radius 1 is 1.33 bits per heavy atom. The molecule has 0 saturated heterocycles. The summed E-state index contributed by atoms with van der Waals surface area (Å²) in [6.45, 7) is 4.25. The molecule has 1 heterocycles. The summed E-state index contributed by atoms with van der Waals surface area (Å²) in [6.07, 6.45) is 6.82. The van der Waals surface area contributed by atoms with Gasteiger partial charge in [-0.15, -0.1) is 0 Å². The van der Waals surface area contributed by atoms with Crippen LogP contribution in [-0.2, 0) is 6.54 Å². The van der Waals surface area contributed by atoms with Gasteiger partial charge in [0.1, 0.15) is 5.82 Å². The van der Waals surface area contributed by atoms with Crippen LogP contribution in [-0.4, -0.2) is 22.5 Å². The van der Waals surface area contributed by atoms with Gasteiger partial charge in [0.15, 0.2) is 0 Å². The molecule has 1 aliphatic rings. The standard InChI is InChI=1S/C14H24N4/c1-2-18(13-8-4-3-5-9-13)11-12-7-6-10-14(16-12)17-15/h6-7,10,13H,2-5,8-9,11,15H2,1H3,(H,16,17). The average molecular weight is 248 g/mol. The zero-order valence-electron chi connectivity index (χ0n) is 11.2. The van der Waals surface area contributed by atoms with Crippen LogP contribution in [0.1, 0.15) is 44.7 Å². The summed E-state index contributed by atoms with van der Waals surface area (Å²) < 4.78 is 0. The van der Waals surface area contributed by atoms with E-state index in [1.807, 2.05) is 12.1 Å². The van der Waals surface area contributed by atoms with Gasteiger partial charge in [0, 0.05) is 12.6 Å². The number of anilines is 1. The molecule has 1 aromatic rings. The van der Waals surface area contributed by atoms with Gasteiger partial charge in [0.25, 0.3) is 0 Å². The van der Waals surface area contributed by atoms with E-state index < -0.39 is 0 Å². The number of nitrogens with two attached hydrogens (primary N) is 1. The number of rotatable bonds is 5. The van der Waals surface area contributed by atoms with E-state index in [0.29, 0.717) is 0 Å². The van der Waals surface area contributed by atoms with Crippen LogP contribution in [0.15, 0.2) is 18.2 Å². The number of hydrogen-bond acceptors (Lipinski definition) is 4. The van der Waals surface area contributed by atoms with Crippen LogP contribution in [0.2, 0.25) is 0 Å². The second-order valence-electron chi connectivity index (χ2n) is 5.01. The quantitative estimate of drug-likeness (QED) is 0.621. The second kappa shape index (κ2) is 6.71. The summed E-state index contributed by atoms with van der Waals surface area (Å²) in [5.74, 6) is 6.14. The summed E-state index contributed by atoms with van der Waals surface area (Å²) in [6, 6.07) is 6.71. The molecule has 0 aromatic carbocycles. The lowest BCUT2D eigenvalue weighted by atomic mass is 9.94. The van der Waals surface area contributed by atoms with Crippen molar-refractivity contribution in [3.8, 4) is 0 Å². The molecule has 0 radical (unpaired) electrons. The molecule has 4 heteroatoms. The summed E-state index contributed by atoms with van der Waals surface area (Å²) in [7, 11) is 0. The number of pyridine rings is 1. The highest BCUT2D eigenvalue weighted by Crippen LogP contribution is 2.23. The van der Waals surface area contributed by atoms with Crippen LogP contribution in [0.3, 0.4) is 0 Å². The minimum atomic E-state index is 0.736. The molecule has 1 aliphatic carbocycles. The molecule has 0 amide bonds. The van der Waals surface area contributed by atoms with Crippen LogP contribution < -0.4 is 11.3 Å². The van der Waals surface area contributed by atoms with Gasteiger partial charge in [-0.3, -0.25) is 4.90 Å². The third kappa shape index (κ3) is 3.43. The second-order valence-corrected chi connectivity index (χ2v) is 5.01. The number of nitrogens with one attached hydrogen (secondary N) is 1. The lowest BCUT2D eigenvalue weighted by Crippen LogP contribution is -2.36. The number of hydrazine groups is 1. The number of nitrogens with zero attached hydrogens (tertiary/aromatic N) is 2. The first-order valence-electron chi connectivity index (χ1n) is 7.00. The first-order valence-corrected chi connectivity index (χ1v) is 7.00. The van der Waals surface area contributed by atoms with Gasteiger partial charge < -0.3 is 5.43 Å². The van der Waals surface area contributed by atoms with Gasteiger partial charge in [0.05, 0.1) is 5.69 Å². The summed E-state index contributed by atoms with van der Waals surface area (Å²) in [5.41, 5.74) is 3.70. The summed E-state index contributed by atoms with van der Waals surface area (Å²) in [4.78, 5) is 7.04. The van der Waals surface area contributed by atoms with Crippen LogP contribution >= 0.6 is 0 Å². The fraction of sp³-hybridized carbons (Fsp3) is 0.643. The largest absolute Gasteiger partial charge is 0.308 e. The van der Waals surface area contributed by atoms with E-state index in [1.165, 1.54) is 32.1 Å². The van der Waals surface area contributed by atoms with E-state index in [1.54, 1.807) is 0 Å². The highest BCUT2D eigenvalue weighted by molar-refractivity contribution is 5.33. The molecule has 0 bridgehead atoms. The van der Waals surface area contributed by atoms with Crippen molar-refractivity contribution in [1.29, 1.82) is 0 Å². The maximum atomic E-state index is 5.40. The van der Waals surface area contributed by atoms with E-state index >= 15 is 0 Å². The summed E-state index contributed by atoms with van der Waals surface area (Å²) >= 11 is 0. The van der Waals surface area contributed by atoms with Crippen molar-refractivity contribution in [2.75, 3.05) is 12.0 Å². The fourth-order valence-electron chi connectivity index (χ4n) is 2.80. The molecule has 0 aliphatic heterocycles. The minimum absolute atomic E-state index is 0.736. The van der Waals surface area contributed by atoms with E-state index in [-0.39, 0.29) is 0 Å². The molecule has 1 saturated carbocycles. The SMILES string of the molecule is CCN(Cc1cccc(NN)n1)C1CCCCC1. The van der Waals surface area contributed by atoms with Gasteiger partial charge in [-0.25, -0.2) is 10.8 Å². The molecule has 2 rings (SSSR count). The van der Waals surface area contributed by atoms with Crippen molar-refractivity contribution in [1.82, 2.24) is 9.88 Å². The van der Waals surface area contributed by atoms with E-state index in [2.05, 4.69) is 28.3 Å². The predicted molar refractivity (Wildman–Crippen MR) is 75.0 cm³/mol. The number of nitrogen functional groups attached to an aromatic ring is 1. The Hall–Kier alpha value is -1.13. The molecular formula is C14H24N4. The Bertz CT molecular complexity index is 361. The topological polar surface area (TPSA) is 54.2 Å². The van der Waals surface area contributed by atoms with E-state index in [9.17, 15) is 0 Å². The third-order valence-electron chi connectivity index (χ3n) is 3.82. The molecule has 0 spiro atoms. The molecule has 1 aromatic heterocycles. The molecule has 0 unspecified atom stereocenters. The van der Waals surface area contributed by atoms with Crippen LogP contribution in [0.4, 0.5) is 5.82 Å². The summed E-state index contributed by atoms with van der Waals surface area (Å²) in [5, 5.41) is 0. The first kappa shape index (κ1) is 13.3. The smallest absolute Gasteiger partial charge is 0.140 e. The zero-order chi connectivity index (χ0) is 12.8. The van der Waals surface area contributed by atoms with Gasteiger partial charge in [-0.05, 0) is 31.5 Å². The van der Waals surface area contributed by atoms with E-state index in [4.69, 9.17) is 5.84 Å². The monoisotopic (exact) mass is 248 g/mol. The lowest BCUT2D eigenvalue weighted by Gasteiger charge is -2.33. The van der Waals surface area contributed by atoms with Gasteiger partial charge in [-0.1, -0.05) is 32.3 Å². The molecule has 1 fully saturated rings. The van der Waals surface area contributed by atoms with Crippen molar-refractivity contribution in [3.63, 3.8) is 0 Å². The normalized spacial score (nSPS) is 17.1. The van der Waals surface area contributed by atoms with Crippen molar-refractivity contribution in [3.05, 3.63) is 23.9 Å². The Labute approximate surface area is 110 Å². The van der Waals surface area contributed by atoms with Crippen LogP contribution in [0.5, 0.6) is 0 Å². The highest BCUT2D eigenvalue weighted by atomic mass is 15.3. The van der Waals surface area contributed by atoms with E-state index in [0.717, 1.165) is 30.6 Å². The molecule has 4 nitrogen and oxygen atoms in total. The predicted octanol–water partition coefficient (Wildman–Crippen LogP) is 2.52. The van der Waals surface area contributed by atoms with Crippen LogP contribution in [0.25, 0.3) is 0 Å². The Morgan fingerprint density at radius 2 is 2.11 bits per heavy atom. The van der Waals surface area contributed by atoms with Crippen molar-refractivity contribution >= 4 is 5.82 Å². The van der Waals surface area contributed by atoms with Crippen molar-refractivity contribution in [2.45, 2.75) is 51.6 Å². The van der Waals surface area contributed by atoms with Gasteiger partial charge in [-0.2, -0.15) is 0 Å². The highest BCUT2D eigenvalue weighted by Gasteiger charge is 2.20. The maximum Gasteiger partial charge on any atom is 0.140 e. The fourth-order valence-corrected chi connectivity index (χ4v) is 2.80. The van der Waals surface area contributed by atoms with Gasteiger partial charge >= 0.3 is 0 Å². The number of hydrogen-bond donors (Lipinski definition) is 2. The maximum absolute atomic E-state index is 5.40.